The highest BCUT2D eigenvalue weighted by molar-refractivity contribution is 9.11. The van der Waals surface area contributed by atoms with E-state index >= 15 is 0 Å². The van der Waals surface area contributed by atoms with E-state index < -0.39 is 5.97 Å². The first-order chi connectivity index (χ1) is 10.0. The van der Waals surface area contributed by atoms with Crippen LogP contribution in [0.15, 0.2) is 38.6 Å². The van der Waals surface area contributed by atoms with E-state index in [1.165, 1.54) is 23.5 Å². The molecule has 3 aromatic rings. The van der Waals surface area contributed by atoms with Crippen molar-refractivity contribution in [2.75, 3.05) is 0 Å². The molecule has 0 unspecified atom stereocenters. The van der Waals surface area contributed by atoms with Gasteiger partial charge in [0, 0.05) is 5.56 Å². The highest BCUT2D eigenvalue weighted by atomic mass is 79.9. The molecule has 0 aliphatic carbocycles. The fourth-order valence-corrected chi connectivity index (χ4v) is 3.22. The number of aryl methyl sites for hydroxylation is 1. The molecule has 0 fully saturated rings. The number of thiophene rings is 1. The predicted octanol–water partition coefficient (Wildman–Crippen LogP) is 4.23. The van der Waals surface area contributed by atoms with Gasteiger partial charge in [0.15, 0.2) is 0 Å². The predicted molar refractivity (Wildman–Crippen MR) is 82.4 cm³/mol. The largest absolute Gasteiger partial charge is 0.478 e. The van der Waals surface area contributed by atoms with E-state index in [9.17, 15) is 4.79 Å². The van der Waals surface area contributed by atoms with Gasteiger partial charge in [0.2, 0.25) is 5.82 Å². The first kappa shape index (κ1) is 14.0. The molecule has 0 aliphatic heterocycles. The van der Waals surface area contributed by atoms with Crippen molar-refractivity contribution < 1.29 is 14.4 Å². The Balaban J connectivity index is 1.92. The minimum atomic E-state index is -0.964. The van der Waals surface area contributed by atoms with E-state index in [0.717, 1.165) is 14.2 Å². The van der Waals surface area contributed by atoms with Gasteiger partial charge in [0.1, 0.15) is 0 Å². The van der Waals surface area contributed by atoms with Crippen molar-refractivity contribution in [2.24, 2.45) is 0 Å². The lowest BCUT2D eigenvalue weighted by atomic mass is 10.1. The third-order valence-electron chi connectivity index (χ3n) is 2.88. The molecule has 0 atom stereocenters. The van der Waals surface area contributed by atoms with Crippen LogP contribution in [-0.2, 0) is 0 Å². The highest BCUT2D eigenvalue weighted by Crippen LogP contribution is 2.34. The summed E-state index contributed by atoms with van der Waals surface area (Å²) < 4.78 is 6.29. The van der Waals surface area contributed by atoms with E-state index in [-0.39, 0.29) is 5.56 Å². The van der Waals surface area contributed by atoms with Crippen molar-refractivity contribution in [3.8, 4) is 22.2 Å². The Hall–Kier alpha value is -1.99. The number of aromatic nitrogens is 2. The molecule has 2 aromatic heterocycles. The summed E-state index contributed by atoms with van der Waals surface area (Å²) in [5.74, 6) is -0.0792. The molecule has 0 spiro atoms. The lowest BCUT2D eigenvalue weighted by molar-refractivity contribution is 0.0697. The Morgan fingerprint density at radius 1 is 1.33 bits per heavy atom. The maximum atomic E-state index is 10.8. The quantitative estimate of drug-likeness (QED) is 0.752. The Morgan fingerprint density at radius 2 is 2.05 bits per heavy atom. The van der Waals surface area contributed by atoms with Gasteiger partial charge in [-0.2, -0.15) is 4.98 Å². The number of halogens is 1. The third kappa shape index (κ3) is 2.74. The lowest BCUT2D eigenvalue weighted by Gasteiger charge is -1.95. The summed E-state index contributed by atoms with van der Waals surface area (Å²) in [4.78, 5) is 16.1. The summed E-state index contributed by atoms with van der Waals surface area (Å²) in [6.45, 7) is 1.99. The van der Waals surface area contributed by atoms with Gasteiger partial charge in [-0.25, -0.2) is 4.79 Å². The molecule has 0 radical (unpaired) electrons. The zero-order valence-corrected chi connectivity index (χ0v) is 13.2. The summed E-state index contributed by atoms with van der Waals surface area (Å²) in [7, 11) is 0. The molecule has 1 aromatic carbocycles. The Bertz CT molecular complexity index is 788. The van der Waals surface area contributed by atoms with E-state index in [1.54, 1.807) is 12.1 Å². The van der Waals surface area contributed by atoms with Gasteiger partial charge in [-0.15, -0.1) is 11.3 Å². The van der Waals surface area contributed by atoms with Gasteiger partial charge in [-0.1, -0.05) is 17.3 Å². The summed E-state index contributed by atoms with van der Waals surface area (Å²) in [5.41, 5.74) is 2.04. The van der Waals surface area contributed by atoms with Crippen molar-refractivity contribution >= 4 is 33.2 Å². The van der Waals surface area contributed by atoms with Gasteiger partial charge in [0.25, 0.3) is 5.89 Å². The van der Waals surface area contributed by atoms with Crippen LogP contribution < -0.4 is 0 Å². The van der Waals surface area contributed by atoms with Crippen molar-refractivity contribution in [2.45, 2.75) is 6.92 Å². The summed E-state index contributed by atoms with van der Waals surface area (Å²) in [5, 5.41) is 12.8. The minimum absolute atomic E-state index is 0.222. The molecule has 2 heterocycles. The molecule has 5 nitrogen and oxygen atoms in total. The Kier molecular flexibility index (Phi) is 3.60. The number of benzene rings is 1. The van der Waals surface area contributed by atoms with Crippen LogP contribution in [0.1, 0.15) is 15.9 Å². The average Bonchev–Trinajstić information content (AvgIpc) is 3.07. The number of carbonyl (C=O) groups is 1. The molecule has 0 saturated carbocycles. The first-order valence-corrected chi connectivity index (χ1v) is 7.59. The van der Waals surface area contributed by atoms with Crippen LogP contribution in [0.3, 0.4) is 0 Å². The Morgan fingerprint density at radius 3 is 2.62 bits per heavy atom. The number of aromatic carboxylic acids is 1. The Labute approximate surface area is 132 Å². The van der Waals surface area contributed by atoms with Crippen molar-refractivity contribution in [1.29, 1.82) is 0 Å². The monoisotopic (exact) mass is 364 g/mol. The third-order valence-corrected chi connectivity index (χ3v) is 5.01. The van der Waals surface area contributed by atoms with Gasteiger partial charge in [-0.05, 0) is 46.6 Å². The molecular formula is C14H9BrN2O3S. The number of carboxylic acid groups (broad SMARTS) is 1. The van der Waals surface area contributed by atoms with E-state index in [1.807, 2.05) is 13.0 Å². The van der Waals surface area contributed by atoms with Crippen LogP contribution in [0.2, 0.25) is 0 Å². The highest BCUT2D eigenvalue weighted by Gasteiger charge is 2.14. The molecule has 0 amide bonds. The summed E-state index contributed by atoms with van der Waals surface area (Å²) in [6.07, 6.45) is 0. The smallest absolute Gasteiger partial charge is 0.335 e. The normalized spacial score (nSPS) is 10.8. The van der Waals surface area contributed by atoms with Gasteiger partial charge < -0.3 is 9.63 Å². The van der Waals surface area contributed by atoms with Crippen LogP contribution in [0.4, 0.5) is 0 Å². The average molecular weight is 365 g/mol. The second kappa shape index (κ2) is 5.42. The zero-order chi connectivity index (χ0) is 15.0. The van der Waals surface area contributed by atoms with Crippen LogP contribution >= 0.6 is 27.3 Å². The molecule has 21 heavy (non-hydrogen) atoms. The maximum absolute atomic E-state index is 10.8. The molecule has 1 N–H and O–H groups in total. The van der Waals surface area contributed by atoms with Crippen LogP contribution in [0.5, 0.6) is 0 Å². The molecule has 3 rings (SSSR count). The summed E-state index contributed by atoms with van der Waals surface area (Å²) >= 11 is 4.98. The molecule has 7 heteroatoms. The standard InChI is InChI=1S/C14H9BrN2O3S/c1-7-6-10(21-11(7)15)13-16-12(17-20-13)8-2-4-9(5-3-8)14(18)19/h2-6H,1H3,(H,18,19). The van der Waals surface area contributed by atoms with Crippen molar-refractivity contribution in [1.82, 2.24) is 10.1 Å². The van der Waals surface area contributed by atoms with Gasteiger partial charge in [-0.3, -0.25) is 0 Å². The fraction of sp³-hybridized carbons (Fsp3) is 0.0714. The molecular weight excluding hydrogens is 356 g/mol. The maximum Gasteiger partial charge on any atom is 0.335 e. The SMILES string of the molecule is Cc1cc(-c2nc(-c3ccc(C(=O)O)cc3)no2)sc1Br. The van der Waals surface area contributed by atoms with Crippen LogP contribution in [-0.4, -0.2) is 21.2 Å². The van der Waals surface area contributed by atoms with Gasteiger partial charge >= 0.3 is 5.97 Å². The minimum Gasteiger partial charge on any atom is -0.478 e. The molecule has 0 aliphatic rings. The fourth-order valence-electron chi connectivity index (χ4n) is 1.77. The number of hydrogen-bond donors (Lipinski definition) is 1. The van der Waals surface area contributed by atoms with Crippen molar-refractivity contribution in [3.05, 3.63) is 45.2 Å². The second-order valence-corrected chi connectivity index (χ2v) is 6.74. The number of carboxylic acids is 1. The number of rotatable bonds is 3. The van der Waals surface area contributed by atoms with Crippen LogP contribution in [0, 0.1) is 6.92 Å². The summed E-state index contributed by atoms with van der Waals surface area (Å²) in [6, 6.07) is 8.32. The molecule has 0 saturated heterocycles. The first-order valence-electron chi connectivity index (χ1n) is 5.98. The molecule has 106 valence electrons. The van der Waals surface area contributed by atoms with E-state index in [2.05, 4.69) is 26.1 Å². The number of nitrogens with zero attached hydrogens (tertiary/aromatic N) is 2. The van der Waals surface area contributed by atoms with E-state index in [4.69, 9.17) is 9.63 Å². The van der Waals surface area contributed by atoms with Crippen molar-refractivity contribution in [3.63, 3.8) is 0 Å². The second-order valence-electron chi connectivity index (χ2n) is 4.37. The number of hydrogen-bond acceptors (Lipinski definition) is 5. The van der Waals surface area contributed by atoms with E-state index in [0.29, 0.717) is 17.3 Å². The topological polar surface area (TPSA) is 76.2 Å². The van der Waals surface area contributed by atoms with Crippen LogP contribution in [0.25, 0.3) is 22.2 Å². The lowest BCUT2D eigenvalue weighted by Crippen LogP contribution is -1.95. The van der Waals surface area contributed by atoms with Gasteiger partial charge in [0.05, 0.1) is 14.2 Å². The zero-order valence-electron chi connectivity index (χ0n) is 10.8. The molecule has 0 bridgehead atoms.